The Morgan fingerprint density at radius 3 is 2.41 bits per heavy atom. The van der Waals surface area contributed by atoms with Gasteiger partial charge in [-0.15, -0.1) is 4.80 Å². The van der Waals surface area contributed by atoms with Gasteiger partial charge in [0.15, 0.2) is 0 Å². The van der Waals surface area contributed by atoms with Crippen LogP contribution in [0.25, 0.3) is 15.2 Å². The lowest BCUT2D eigenvalue weighted by Gasteiger charge is -2.33. The van der Waals surface area contributed by atoms with Crippen molar-refractivity contribution in [3.8, 4) is 10.8 Å². The third-order valence-electron chi connectivity index (χ3n) is 10.2. The molecule has 0 unspecified atom stereocenters. The number of hydrogen-bond acceptors (Lipinski definition) is 11. The van der Waals surface area contributed by atoms with Crippen LogP contribution >= 0.6 is 11.3 Å². The summed E-state index contributed by atoms with van der Waals surface area (Å²) >= 11 is 1.06. The normalized spacial score (nSPS) is 22.0. The Labute approximate surface area is 295 Å². The van der Waals surface area contributed by atoms with Gasteiger partial charge >= 0.3 is 12.3 Å². The van der Waals surface area contributed by atoms with Crippen molar-refractivity contribution >= 4 is 37.5 Å². The number of sulfonamides is 1. The van der Waals surface area contributed by atoms with Gasteiger partial charge in [0.05, 0.1) is 47.4 Å². The van der Waals surface area contributed by atoms with Crippen LogP contribution in [-0.2, 0) is 36.4 Å². The van der Waals surface area contributed by atoms with Crippen LogP contribution in [0.4, 0.5) is 8.78 Å². The second kappa shape index (κ2) is 12.9. The number of rotatable bonds is 12. The minimum atomic E-state index is -4.13. The fourth-order valence-corrected chi connectivity index (χ4v) is 9.50. The first kappa shape index (κ1) is 35.4. The van der Waals surface area contributed by atoms with Gasteiger partial charge in [-0.05, 0) is 72.3 Å². The molecule has 0 radical (unpaired) electrons. The number of hydrogen-bond donors (Lipinski definition) is 1. The van der Waals surface area contributed by atoms with Crippen LogP contribution in [0.2, 0.25) is 0 Å². The molecule has 1 amide bonds. The number of carbonyl (C=O) groups excluding carboxylic acids is 1. The number of aryl methyl sites for hydroxylation is 1. The molecule has 5 heterocycles. The van der Waals surface area contributed by atoms with Gasteiger partial charge in [0, 0.05) is 11.1 Å². The molecular weight excluding hydrogens is 711 g/mol. The minimum Gasteiger partial charge on any atom is -0.434 e. The summed E-state index contributed by atoms with van der Waals surface area (Å²) < 4.78 is 74.0. The van der Waals surface area contributed by atoms with Crippen molar-refractivity contribution in [2.24, 2.45) is 0 Å². The van der Waals surface area contributed by atoms with Crippen LogP contribution in [0.3, 0.4) is 0 Å². The molecule has 1 aromatic carbocycles. The highest BCUT2D eigenvalue weighted by Gasteiger charge is 2.52. The molecule has 3 aromatic heterocycles. The number of alkyl halides is 2. The predicted molar refractivity (Wildman–Crippen MR) is 182 cm³/mol. The number of fused-ring (bicyclic) bond motifs is 3. The Morgan fingerprint density at radius 2 is 1.78 bits per heavy atom. The van der Waals surface area contributed by atoms with E-state index in [2.05, 4.69) is 14.9 Å². The molecule has 1 aliphatic carbocycles. The number of nitrogens with zero attached hydrogens (tertiary/aromatic N) is 5. The van der Waals surface area contributed by atoms with Crippen LogP contribution in [0.15, 0.2) is 46.2 Å². The first-order valence-electron chi connectivity index (χ1n) is 16.7. The Morgan fingerprint density at radius 1 is 1.14 bits per heavy atom. The van der Waals surface area contributed by atoms with Crippen LogP contribution < -0.4 is 20.7 Å². The number of ether oxygens (including phenoxy) is 3. The van der Waals surface area contributed by atoms with E-state index in [9.17, 15) is 31.6 Å². The highest BCUT2D eigenvalue weighted by atomic mass is 32.2. The second-order valence-electron chi connectivity index (χ2n) is 14.1. The number of carbonyl (C=O) groups is 1. The van der Waals surface area contributed by atoms with Crippen LogP contribution in [0.1, 0.15) is 76.5 Å². The van der Waals surface area contributed by atoms with Gasteiger partial charge in [0.25, 0.3) is 11.5 Å². The average Bonchev–Trinajstić information content (AvgIpc) is 3.35. The van der Waals surface area contributed by atoms with E-state index in [-0.39, 0.29) is 46.4 Å². The molecule has 274 valence electrons. The fourth-order valence-electron chi connectivity index (χ4n) is 6.90. The largest absolute Gasteiger partial charge is 0.434 e. The van der Waals surface area contributed by atoms with E-state index in [1.54, 1.807) is 25.1 Å². The molecule has 2 saturated heterocycles. The first-order valence-corrected chi connectivity index (χ1v) is 19.0. The molecule has 1 saturated carbocycles. The highest BCUT2D eigenvalue weighted by molar-refractivity contribution is 7.91. The van der Waals surface area contributed by atoms with E-state index in [0.29, 0.717) is 36.2 Å². The van der Waals surface area contributed by atoms with Gasteiger partial charge in [-0.2, -0.15) is 19.0 Å². The summed E-state index contributed by atoms with van der Waals surface area (Å²) in [6.07, 6.45) is 5.06. The van der Waals surface area contributed by atoms with E-state index >= 15 is 0 Å². The maximum atomic E-state index is 14.7. The van der Waals surface area contributed by atoms with Crippen LogP contribution in [-0.4, -0.2) is 68.1 Å². The zero-order valence-electron chi connectivity index (χ0n) is 28.4. The van der Waals surface area contributed by atoms with Crippen molar-refractivity contribution in [2.45, 2.75) is 114 Å². The zero-order chi connectivity index (χ0) is 36.5. The van der Waals surface area contributed by atoms with Crippen LogP contribution in [0.5, 0.6) is 5.75 Å². The minimum absolute atomic E-state index is 0.0177. The maximum Gasteiger partial charge on any atom is 0.387 e. The van der Waals surface area contributed by atoms with Crippen LogP contribution in [0, 0.1) is 6.92 Å². The molecule has 3 aliphatic rings. The maximum absolute atomic E-state index is 14.7. The van der Waals surface area contributed by atoms with E-state index in [4.69, 9.17) is 14.2 Å². The lowest BCUT2D eigenvalue weighted by Crippen LogP contribution is -2.57. The summed E-state index contributed by atoms with van der Waals surface area (Å²) in [5.41, 5.74) is -3.11. The Hall–Kier alpha value is -4.00. The quantitative estimate of drug-likeness (QED) is 0.225. The zero-order valence-corrected chi connectivity index (χ0v) is 30.0. The number of halogens is 2. The standard InChI is InChI=1S/C33H38F2N6O8S2/c1-18-25-26(42)40(32(2,3)29(43)38-51(45,46)33(4)11-12-33)31(44)39(28(25)50-27(18)41-36-13-14-37-41)17-24(22-7-5-6-8-23(22)49-30(34)35)48-21-15-19-9-10-20(16-21)47-19/h5-8,13-14,19-21,24,30H,9-12,15-17H2,1-4H3,(H,38,43)/t19-,20-,24+/m1/s1. The molecule has 3 fully saturated rings. The van der Waals surface area contributed by atoms with E-state index in [1.165, 1.54) is 48.6 Å². The van der Waals surface area contributed by atoms with Crippen molar-refractivity contribution in [3.05, 3.63) is 68.6 Å². The Balaban J connectivity index is 1.40. The van der Waals surface area contributed by atoms with Crippen molar-refractivity contribution in [1.29, 1.82) is 0 Å². The predicted octanol–water partition coefficient (Wildman–Crippen LogP) is 3.92. The number of aromatic nitrogens is 5. The molecule has 3 atom stereocenters. The van der Waals surface area contributed by atoms with Gasteiger partial charge in [-0.3, -0.25) is 18.9 Å². The summed E-state index contributed by atoms with van der Waals surface area (Å²) in [4.78, 5) is 44.4. The summed E-state index contributed by atoms with van der Waals surface area (Å²) in [7, 11) is -4.13. The molecule has 2 bridgehead atoms. The number of nitrogens with one attached hydrogen (secondary N) is 1. The van der Waals surface area contributed by atoms with Gasteiger partial charge in [0.2, 0.25) is 10.0 Å². The van der Waals surface area contributed by atoms with E-state index in [0.717, 1.165) is 28.7 Å². The number of thiophene rings is 1. The molecule has 18 heteroatoms. The summed E-state index contributed by atoms with van der Waals surface area (Å²) in [5.74, 6) is -1.21. The summed E-state index contributed by atoms with van der Waals surface area (Å²) in [5, 5.41) is 8.90. The highest BCUT2D eigenvalue weighted by Crippen LogP contribution is 2.43. The Bertz CT molecular complexity index is 2200. The van der Waals surface area contributed by atoms with Crippen molar-refractivity contribution in [3.63, 3.8) is 0 Å². The van der Waals surface area contributed by atoms with Gasteiger partial charge in [-0.25, -0.2) is 17.8 Å². The van der Waals surface area contributed by atoms with Crippen molar-refractivity contribution < 1.29 is 36.2 Å². The second-order valence-corrected chi connectivity index (χ2v) is 17.3. The molecule has 51 heavy (non-hydrogen) atoms. The average molecular weight is 749 g/mol. The summed E-state index contributed by atoms with van der Waals surface area (Å²) in [6, 6.07) is 6.15. The van der Waals surface area contributed by atoms with Crippen molar-refractivity contribution in [2.75, 3.05) is 0 Å². The molecular formula is C33H38F2N6O8S2. The van der Waals surface area contributed by atoms with Gasteiger partial charge < -0.3 is 14.2 Å². The van der Waals surface area contributed by atoms with Gasteiger partial charge in [0.1, 0.15) is 27.2 Å². The first-order chi connectivity index (χ1) is 24.1. The third-order valence-corrected chi connectivity index (χ3v) is 13.6. The number of amides is 1. The Kier molecular flexibility index (Phi) is 8.95. The molecule has 1 N–H and O–H groups in total. The third kappa shape index (κ3) is 6.40. The number of para-hydroxylation sites is 1. The lowest BCUT2D eigenvalue weighted by atomic mass is 10.0. The lowest BCUT2D eigenvalue weighted by molar-refractivity contribution is -0.126. The fraction of sp³-hybridized carbons (Fsp3) is 0.545. The smallest absolute Gasteiger partial charge is 0.387 e. The topological polar surface area (TPSA) is 166 Å². The number of benzene rings is 1. The monoisotopic (exact) mass is 748 g/mol. The van der Waals surface area contributed by atoms with E-state index in [1.807, 2.05) is 0 Å². The molecule has 7 rings (SSSR count). The van der Waals surface area contributed by atoms with E-state index < -0.39 is 50.2 Å². The summed E-state index contributed by atoms with van der Waals surface area (Å²) in [6.45, 7) is 2.33. The van der Waals surface area contributed by atoms with Gasteiger partial charge in [-0.1, -0.05) is 29.5 Å². The molecule has 14 nitrogen and oxygen atoms in total. The molecule has 2 aliphatic heterocycles. The van der Waals surface area contributed by atoms with Crippen molar-refractivity contribution in [1.82, 2.24) is 28.9 Å². The molecule has 0 spiro atoms. The SMILES string of the molecule is Cc1c(-n2nccn2)sc2c1c(=O)n(C(C)(C)C(=O)NS(=O)(=O)C1(C)CC1)c(=O)n2C[C@H](OC1C[C@H]2CC[C@H](C1)O2)c1ccccc1OC(F)F. The molecule has 4 aromatic rings.